The van der Waals surface area contributed by atoms with Crippen LogP contribution in [0.3, 0.4) is 0 Å². The number of hydrogen-bond acceptors (Lipinski definition) is 11. The normalized spacial score (nSPS) is 12.5. The topological polar surface area (TPSA) is 133 Å². The van der Waals surface area contributed by atoms with Crippen molar-refractivity contribution in [1.29, 1.82) is 0 Å². The van der Waals surface area contributed by atoms with Gasteiger partial charge in [0.15, 0.2) is 25.0 Å². The third-order valence-corrected chi connectivity index (χ3v) is 20.3. The Morgan fingerprint density at radius 1 is 0.564 bits per heavy atom. The first-order valence-electron chi connectivity index (χ1n) is 13.1. The van der Waals surface area contributed by atoms with Gasteiger partial charge < -0.3 is 31.3 Å². The lowest BCUT2D eigenvalue weighted by molar-refractivity contribution is -0.141. The minimum atomic E-state index is -4.06. The number of hydrogen-bond donors (Lipinski definition) is 0. The standard InChI is InChI=1S/C24H48O11Si4/c1-12-13-32-24(28)20(2)39(33-36(6,7)17-14-29-21(3)25,34-37(8,9)18-15-30-22(4)26)35-38(10,11)19-16-31-23(5)27/h2,12-19H2,1,3-11H3. The van der Waals surface area contributed by atoms with Crippen molar-refractivity contribution in [2.75, 3.05) is 26.4 Å². The first kappa shape index (κ1) is 37.4. The summed E-state index contributed by atoms with van der Waals surface area (Å²) in [5.74, 6) is -1.87. The maximum absolute atomic E-state index is 13.2. The molecule has 0 rings (SSSR count). The molecule has 39 heavy (non-hydrogen) atoms. The maximum Gasteiger partial charge on any atom is 0.512 e. The summed E-state index contributed by atoms with van der Waals surface area (Å²) in [5, 5.41) is -0.00914. The average molecular weight is 625 g/mol. The summed E-state index contributed by atoms with van der Waals surface area (Å²) < 4.78 is 41.3. The molecule has 0 amide bonds. The van der Waals surface area contributed by atoms with Gasteiger partial charge in [0.2, 0.25) is 0 Å². The average Bonchev–Trinajstić information content (AvgIpc) is 2.74. The third-order valence-electron chi connectivity index (χ3n) is 5.31. The molecule has 0 aromatic heterocycles. The second-order valence-electron chi connectivity index (χ2n) is 11.0. The van der Waals surface area contributed by atoms with Crippen molar-refractivity contribution in [3.05, 3.63) is 11.8 Å². The highest BCUT2D eigenvalue weighted by Gasteiger charge is 2.57. The van der Waals surface area contributed by atoms with E-state index in [0.717, 1.165) is 0 Å². The van der Waals surface area contributed by atoms with Gasteiger partial charge in [-0.3, -0.25) is 14.4 Å². The highest BCUT2D eigenvalue weighted by molar-refractivity contribution is 6.95. The molecule has 15 heteroatoms. The van der Waals surface area contributed by atoms with E-state index >= 15 is 0 Å². The summed E-state index contributed by atoms with van der Waals surface area (Å²) in [5.41, 5.74) is 0. The Morgan fingerprint density at radius 2 is 0.872 bits per heavy atom. The zero-order chi connectivity index (χ0) is 30.5. The summed E-state index contributed by atoms with van der Waals surface area (Å²) in [7, 11) is -12.2. The van der Waals surface area contributed by atoms with E-state index < -0.39 is 57.6 Å². The van der Waals surface area contributed by atoms with Crippen LogP contribution in [0.1, 0.15) is 34.1 Å². The number of esters is 4. The van der Waals surface area contributed by atoms with Gasteiger partial charge in [-0.1, -0.05) is 13.5 Å². The van der Waals surface area contributed by atoms with Crippen LogP contribution in [0.25, 0.3) is 0 Å². The number of rotatable bonds is 19. The highest BCUT2D eigenvalue weighted by atomic mass is 28.5. The zero-order valence-corrected chi connectivity index (χ0v) is 29.4. The Bertz CT molecular complexity index is 775. The minimum absolute atomic E-state index is 0.00914. The van der Waals surface area contributed by atoms with Crippen molar-refractivity contribution >= 4 is 57.6 Å². The van der Waals surface area contributed by atoms with Gasteiger partial charge in [-0.15, -0.1) is 0 Å². The minimum Gasteiger partial charge on any atom is -0.466 e. The summed E-state index contributed by atoms with van der Waals surface area (Å²) in [4.78, 5) is 47.3. The molecule has 0 fully saturated rings. The van der Waals surface area contributed by atoms with E-state index in [4.69, 9.17) is 31.3 Å². The first-order chi connectivity index (χ1) is 17.8. The highest BCUT2D eigenvalue weighted by Crippen LogP contribution is 2.34. The van der Waals surface area contributed by atoms with E-state index in [0.29, 0.717) is 24.6 Å². The van der Waals surface area contributed by atoms with E-state index in [1.165, 1.54) is 20.8 Å². The molecule has 0 aliphatic carbocycles. The predicted molar refractivity (Wildman–Crippen MR) is 156 cm³/mol. The molecule has 0 aliphatic heterocycles. The van der Waals surface area contributed by atoms with Gasteiger partial charge in [0.25, 0.3) is 0 Å². The summed E-state index contributed by atoms with van der Waals surface area (Å²) in [6.07, 6.45) is 0.615. The molecule has 11 nitrogen and oxygen atoms in total. The van der Waals surface area contributed by atoms with Crippen LogP contribution in [0.2, 0.25) is 57.4 Å². The lowest BCUT2D eigenvalue weighted by atomic mass is 10.5. The van der Waals surface area contributed by atoms with Gasteiger partial charge in [0.05, 0.1) is 31.6 Å². The molecule has 0 atom stereocenters. The van der Waals surface area contributed by atoms with Crippen LogP contribution in [-0.2, 0) is 50.5 Å². The van der Waals surface area contributed by atoms with Crippen molar-refractivity contribution in [3.8, 4) is 0 Å². The molecule has 0 aliphatic rings. The van der Waals surface area contributed by atoms with E-state index in [-0.39, 0.29) is 31.6 Å². The fraction of sp³-hybridized carbons (Fsp3) is 0.750. The lowest BCUT2D eigenvalue weighted by Crippen LogP contribution is -2.64. The van der Waals surface area contributed by atoms with Gasteiger partial charge >= 0.3 is 32.7 Å². The van der Waals surface area contributed by atoms with Gasteiger partial charge in [-0.2, -0.15) is 0 Å². The Kier molecular flexibility index (Phi) is 15.9. The van der Waals surface area contributed by atoms with Crippen LogP contribution in [-0.4, -0.2) is 84.1 Å². The smallest absolute Gasteiger partial charge is 0.466 e. The van der Waals surface area contributed by atoms with E-state index in [1.807, 2.05) is 46.2 Å². The molecule has 0 saturated heterocycles. The monoisotopic (exact) mass is 624 g/mol. The maximum atomic E-state index is 13.2. The summed E-state index contributed by atoms with van der Waals surface area (Å²) >= 11 is 0. The van der Waals surface area contributed by atoms with Gasteiger partial charge in [-0.05, 0) is 63.8 Å². The van der Waals surface area contributed by atoms with E-state index in [2.05, 4.69) is 6.58 Å². The van der Waals surface area contributed by atoms with Crippen LogP contribution < -0.4 is 0 Å². The summed E-state index contributed by atoms with van der Waals surface area (Å²) in [6, 6.07) is 1.28. The molecular formula is C24H48O11Si4. The van der Waals surface area contributed by atoms with Gasteiger partial charge in [0.1, 0.15) is 0 Å². The predicted octanol–water partition coefficient (Wildman–Crippen LogP) is 4.33. The van der Waals surface area contributed by atoms with Crippen molar-refractivity contribution < 1.29 is 50.5 Å². The first-order valence-corrected chi connectivity index (χ1v) is 24.2. The Morgan fingerprint density at radius 3 is 1.13 bits per heavy atom. The van der Waals surface area contributed by atoms with Crippen LogP contribution in [0.15, 0.2) is 11.8 Å². The van der Waals surface area contributed by atoms with Crippen LogP contribution in [0, 0.1) is 0 Å². The molecule has 0 aromatic rings. The second kappa shape index (κ2) is 16.6. The van der Waals surface area contributed by atoms with E-state index in [9.17, 15) is 19.2 Å². The fourth-order valence-electron chi connectivity index (χ4n) is 3.22. The third kappa shape index (κ3) is 16.3. The molecule has 0 radical (unpaired) electrons. The molecule has 0 unspecified atom stereocenters. The SMILES string of the molecule is C=C(C(=O)OCCC)[Si](O[Si](C)(C)CCOC(C)=O)(O[Si](C)(C)CCOC(C)=O)O[Si](C)(C)CCOC(C)=O. The quantitative estimate of drug-likeness (QED) is 0.0880. The number of carbonyl (C=O) groups is 4. The molecule has 0 aromatic carbocycles. The van der Waals surface area contributed by atoms with Crippen molar-refractivity contribution in [2.45, 2.75) is 91.5 Å². The zero-order valence-electron chi connectivity index (χ0n) is 25.4. The van der Waals surface area contributed by atoms with Crippen molar-refractivity contribution in [3.63, 3.8) is 0 Å². The Balaban J connectivity index is 6.56. The van der Waals surface area contributed by atoms with Crippen molar-refractivity contribution in [1.82, 2.24) is 0 Å². The second-order valence-corrected chi connectivity index (χ2v) is 27.2. The van der Waals surface area contributed by atoms with Crippen molar-refractivity contribution in [2.24, 2.45) is 0 Å². The molecule has 0 N–H and O–H groups in total. The van der Waals surface area contributed by atoms with Crippen LogP contribution in [0.5, 0.6) is 0 Å². The number of ether oxygens (including phenoxy) is 4. The summed E-state index contributed by atoms with van der Waals surface area (Å²) in [6.45, 7) is 22.2. The Labute approximate surface area is 237 Å². The lowest BCUT2D eigenvalue weighted by Gasteiger charge is -2.44. The fourth-order valence-corrected chi connectivity index (χ4v) is 18.4. The molecule has 0 saturated carbocycles. The van der Waals surface area contributed by atoms with Crippen LogP contribution in [0.4, 0.5) is 0 Å². The molecule has 0 spiro atoms. The van der Waals surface area contributed by atoms with Gasteiger partial charge in [-0.25, -0.2) is 4.79 Å². The number of carbonyl (C=O) groups excluding carboxylic acids is 4. The van der Waals surface area contributed by atoms with E-state index in [1.54, 1.807) is 0 Å². The molecular weight excluding hydrogens is 577 g/mol. The van der Waals surface area contributed by atoms with Gasteiger partial charge in [0, 0.05) is 20.8 Å². The largest absolute Gasteiger partial charge is 0.512 e. The molecule has 226 valence electrons. The molecule has 0 bridgehead atoms. The Hall–Kier alpha value is -1.63. The molecule has 0 heterocycles. The van der Waals surface area contributed by atoms with Crippen LogP contribution >= 0.6 is 0 Å².